The van der Waals surface area contributed by atoms with E-state index in [1.807, 2.05) is 17.0 Å². The van der Waals surface area contributed by atoms with Crippen LogP contribution >= 0.6 is 0 Å². The van der Waals surface area contributed by atoms with Gasteiger partial charge in [-0.05, 0) is 42.3 Å². The summed E-state index contributed by atoms with van der Waals surface area (Å²) >= 11 is 0. The lowest BCUT2D eigenvalue weighted by atomic mass is 9.82. The summed E-state index contributed by atoms with van der Waals surface area (Å²) in [5.74, 6) is -0.735. The van der Waals surface area contributed by atoms with E-state index in [-0.39, 0.29) is 18.4 Å². The molecule has 0 saturated carbocycles. The summed E-state index contributed by atoms with van der Waals surface area (Å²) in [5, 5.41) is 12.3. The molecule has 32 heavy (non-hydrogen) atoms. The molecular weight excluding hydrogens is 417 g/mol. The number of piperazine rings is 1. The number of anilines is 2. The molecule has 8 heteroatoms. The van der Waals surface area contributed by atoms with Gasteiger partial charge >= 0.3 is 6.18 Å². The van der Waals surface area contributed by atoms with Gasteiger partial charge in [0, 0.05) is 31.9 Å². The van der Waals surface area contributed by atoms with E-state index in [4.69, 9.17) is 0 Å². The van der Waals surface area contributed by atoms with Crippen LogP contribution in [-0.4, -0.2) is 38.1 Å². The number of hydrogen-bond donors (Lipinski definition) is 1. The highest BCUT2D eigenvalue weighted by molar-refractivity contribution is 5.82. The molecule has 1 N–H and O–H groups in total. The fourth-order valence-corrected chi connectivity index (χ4v) is 4.67. The molecule has 166 valence electrons. The van der Waals surface area contributed by atoms with E-state index in [9.17, 15) is 23.2 Å². The van der Waals surface area contributed by atoms with Gasteiger partial charge in [0.25, 0.3) is 0 Å². The number of hydrogen-bond acceptors (Lipinski definition) is 4. The molecule has 0 bridgehead atoms. The van der Waals surface area contributed by atoms with Crippen molar-refractivity contribution in [3.63, 3.8) is 0 Å². The Balaban J connectivity index is 1.70. The molecule has 0 spiro atoms. The third-order valence-corrected chi connectivity index (χ3v) is 6.16. The quantitative estimate of drug-likeness (QED) is 0.736. The van der Waals surface area contributed by atoms with Crippen LogP contribution in [0.3, 0.4) is 0 Å². The van der Waals surface area contributed by atoms with Crippen molar-refractivity contribution in [1.82, 2.24) is 5.32 Å². The van der Waals surface area contributed by atoms with Crippen molar-refractivity contribution in [3.05, 3.63) is 71.8 Å². The molecule has 4 rings (SSSR count). The van der Waals surface area contributed by atoms with Crippen LogP contribution < -0.4 is 15.1 Å². The minimum atomic E-state index is -4.44. The van der Waals surface area contributed by atoms with E-state index < -0.39 is 17.7 Å². The standard InChI is InChI=1S/C24H23F3N4O/c1-2-9-29-23(32)19-13-17-12-18(24(25,26)27)7-8-21(17)31-11-10-30(15-22(19)31)20-6-4-3-5-16(20)14-28/h2-8,12,19,22H,1,9-11,13,15H2,(H,29,32)/t19-,22+/m1/s1. The van der Waals surface area contributed by atoms with Crippen LogP contribution in [0.15, 0.2) is 55.1 Å². The normalized spacial score (nSPS) is 20.1. The van der Waals surface area contributed by atoms with Crippen LogP contribution in [0.25, 0.3) is 0 Å². The first-order chi connectivity index (χ1) is 15.3. The van der Waals surface area contributed by atoms with Gasteiger partial charge in [-0.2, -0.15) is 18.4 Å². The van der Waals surface area contributed by atoms with Crippen LogP contribution in [0.2, 0.25) is 0 Å². The van der Waals surface area contributed by atoms with Crippen molar-refractivity contribution < 1.29 is 18.0 Å². The number of fused-ring (bicyclic) bond motifs is 3. The summed E-state index contributed by atoms with van der Waals surface area (Å²) in [6.07, 6.45) is -2.64. The minimum absolute atomic E-state index is 0.210. The van der Waals surface area contributed by atoms with Gasteiger partial charge in [0.1, 0.15) is 6.07 Å². The SMILES string of the molecule is C=CCNC(=O)[C@@H]1Cc2cc(C(F)(F)F)ccc2N2CCN(c3ccccc3C#N)C[C@@H]12. The Morgan fingerprint density at radius 2 is 2.00 bits per heavy atom. The average Bonchev–Trinajstić information content (AvgIpc) is 2.80. The molecule has 2 aliphatic rings. The first-order valence-electron chi connectivity index (χ1n) is 10.4. The Hall–Kier alpha value is -3.47. The molecule has 1 saturated heterocycles. The largest absolute Gasteiger partial charge is 0.416 e. The van der Waals surface area contributed by atoms with Gasteiger partial charge in [0.15, 0.2) is 0 Å². The highest BCUT2D eigenvalue weighted by Crippen LogP contribution is 2.40. The lowest BCUT2D eigenvalue weighted by Crippen LogP contribution is -2.61. The van der Waals surface area contributed by atoms with E-state index in [0.717, 1.165) is 23.5 Å². The molecule has 2 aromatic rings. The maximum Gasteiger partial charge on any atom is 0.416 e. The third-order valence-electron chi connectivity index (χ3n) is 6.16. The summed E-state index contributed by atoms with van der Waals surface area (Å²) in [7, 11) is 0. The summed E-state index contributed by atoms with van der Waals surface area (Å²) < 4.78 is 39.9. The molecule has 0 radical (unpaired) electrons. The fraction of sp³-hybridized carbons (Fsp3) is 0.333. The lowest BCUT2D eigenvalue weighted by Gasteiger charge is -2.49. The van der Waals surface area contributed by atoms with Crippen molar-refractivity contribution >= 4 is 17.3 Å². The van der Waals surface area contributed by atoms with E-state index in [2.05, 4.69) is 22.9 Å². The minimum Gasteiger partial charge on any atom is -0.367 e. The summed E-state index contributed by atoms with van der Waals surface area (Å²) in [6, 6.07) is 13.1. The van der Waals surface area contributed by atoms with Crippen LogP contribution in [0.1, 0.15) is 16.7 Å². The van der Waals surface area contributed by atoms with Crippen LogP contribution in [0.4, 0.5) is 24.5 Å². The number of alkyl halides is 3. The molecule has 0 unspecified atom stereocenters. The van der Waals surface area contributed by atoms with Gasteiger partial charge in [-0.15, -0.1) is 6.58 Å². The topological polar surface area (TPSA) is 59.4 Å². The number of nitriles is 1. The molecule has 2 aliphatic heterocycles. The van der Waals surface area contributed by atoms with E-state index in [1.54, 1.807) is 18.2 Å². The number of benzene rings is 2. The Bertz CT molecular complexity index is 1080. The average molecular weight is 440 g/mol. The molecule has 0 aliphatic carbocycles. The fourth-order valence-electron chi connectivity index (χ4n) is 4.67. The van der Waals surface area contributed by atoms with Crippen molar-refractivity contribution in [3.8, 4) is 6.07 Å². The van der Waals surface area contributed by atoms with Gasteiger partial charge in [-0.1, -0.05) is 18.2 Å². The Kier molecular flexibility index (Phi) is 5.83. The number of carbonyl (C=O) groups excluding carboxylic acids is 1. The van der Waals surface area contributed by atoms with Crippen LogP contribution in [0.5, 0.6) is 0 Å². The highest BCUT2D eigenvalue weighted by Gasteiger charge is 2.43. The predicted molar refractivity (Wildman–Crippen MR) is 116 cm³/mol. The highest BCUT2D eigenvalue weighted by atomic mass is 19.4. The lowest BCUT2D eigenvalue weighted by molar-refractivity contribution is -0.137. The zero-order valence-electron chi connectivity index (χ0n) is 17.4. The van der Waals surface area contributed by atoms with Crippen molar-refractivity contribution in [2.75, 3.05) is 36.0 Å². The number of nitrogens with zero attached hydrogens (tertiary/aromatic N) is 3. The molecule has 5 nitrogen and oxygen atoms in total. The first kappa shape index (κ1) is 21.8. The molecule has 2 aromatic carbocycles. The Morgan fingerprint density at radius 3 is 2.72 bits per heavy atom. The molecule has 1 amide bonds. The zero-order valence-corrected chi connectivity index (χ0v) is 17.4. The number of rotatable bonds is 4. The van der Waals surface area contributed by atoms with Crippen LogP contribution in [0, 0.1) is 17.2 Å². The first-order valence-corrected chi connectivity index (χ1v) is 10.4. The second-order valence-corrected chi connectivity index (χ2v) is 8.02. The second-order valence-electron chi connectivity index (χ2n) is 8.02. The van der Waals surface area contributed by atoms with Crippen molar-refractivity contribution in [2.24, 2.45) is 5.92 Å². The van der Waals surface area contributed by atoms with Gasteiger partial charge in [-0.25, -0.2) is 0 Å². The monoisotopic (exact) mass is 440 g/mol. The Morgan fingerprint density at radius 1 is 1.22 bits per heavy atom. The third kappa shape index (κ3) is 4.03. The summed E-state index contributed by atoms with van der Waals surface area (Å²) in [5.41, 5.74) is 1.92. The number of nitrogens with one attached hydrogen (secondary N) is 1. The summed E-state index contributed by atoms with van der Waals surface area (Å²) in [6.45, 7) is 5.53. The number of halogens is 3. The number of amides is 1. The Labute approximate surface area is 184 Å². The molecule has 0 aromatic heterocycles. The maximum absolute atomic E-state index is 13.3. The maximum atomic E-state index is 13.3. The van der Waals surface area contributed by atoms with E-state index in [0.29, 0.717) is 37.3 Å². The van der Waals surface area contributed by atoms with Gasteiger partial charge in [-0.3, -0.25) is 4.79 Å². The molecule has 2 atom stereocenters. The molecule has 1 fully saturated rings. The van der Waals surface area contributed by atoms with E-state index in [1.165, 1.54) is 6.07 Å². The predicted octanol–water partition coefficient (Wildman–Crippen LogP) is 3.75. The van der Waals surface area contributed by atoms with E-state index >= 15 is 0 Å². The number of para-hydroxylation sites is 1. The zero-order chi connectivity index (χ0) is 22.9. The van der Waals surface area contributed by atoms with Crippen molar-refractivity contribution in [2.45, 2.75) is 18.6 Å². The van der Waals surface area contributed by atoms with Gasteiger partial charge in [0.05, 0.1) is 28.8 Å². The van der Waals surface area contributed by atoms with Crippen molar-refractivity contribution in [1.29, 1.82) is 5.26 Å². The van der Waals surface area contributed by atoms with Crippen LogP contribution in [-0.2, 0) is 17.4 Å². The smallest absolute Gasteiger partial charge is 0.367 e. The number of carbonyl (C=O) groups is 1. The molecular formula is C24H23F3N4O. The summed E-state index contributed by atoms with van der Waals surface area (Å²) in [4.78, 5) is 17.1. The molecule has 2 heterocycles. The van der Waals surface area contributed by atoms with Gasteiger partial charge in [0.2, 0.25) is 5.91 Å². The second kappa shape index (κ2) is 8.58. The van der Waals surface area contributed by atoms with Gasteiger partial charge < -0.3 is 15.1 Å².